The van der Waals surface area contributed by atoms with Gasteiger partial charge in [0.05, 0.1) is 21.5 Å². The van der Waals surface area contributed by atoms with Gasteiger partial charge in [0.1, 0.15) is 0 Å². The Morgan fingerprint density at radius 3 is 2.76 bits per heavy atom. The van der Waals surface area contributed by atoms with E-state index in [-0.39, 0.29) is 23.1 Å². The summed E-state index contributed by atoms with van der Waals surface area (Å²) in [6.45, 7) is 3.45. The molecular weight excluding hydrogens is 476 g/mol. The number of benzene rings is 2. The number of carbonyl (C=O) groups is 2. The van der Waals surface area contributed by atoms with Gasteiger partial charge in [0.15, 0.2) is 9.84 Å². The molecule has 154 valence electrons. The van der Waals surface area contributed by atoms with Gasteiger partial charge in [-0.25, -0.2) is 8.42 Å². The zero-order valence-corrected chi connectivity index (χ0v) is 19.2. The molecule has 2 N–H and O–H groups in total. The fourth-order valence-corrected chi connectivity index (χ4v) is 5.81. The SMILES string of the molecule is Cc1ccc(NC(=O)C[C@@H](C)S(=O)(=O)c2ccc3c(c2)NC(=O)CCS3)c(Br)c1. The van der Waals surface area contributed by atoms with E-state index in [1.807, 2.05) is 19.1 Å². The van der Waals surface area contributed by atoms with Crippen molar-refractivity contribution in [3.63, 3.8) is 0 Å². The van der Waals surface area contributed by atoms with Gasteiger partial charge < -0.3 is 10.6 Å². The molecule has 2 aromatic rings. The third-order valence-electron chi connectivity index (χ3n) is 4.54. The number of hydrogen-bond donors (Lipinski definition) is 2. The van der Waals surface area contributed by atoms with Crippen LogP contribution >= 0.6 is 27.7 Å². The Hall–Kier alpha value is -1.84. The van der Waals surface area contributed by atoms with E-state index in [2.05, 4.69) is 26.6 Å². The number of carbonyl (C=O) groups excluding carboxylic acids is 2. The molecule has 0 unspecified atom stereocenters. The van der Waals surface area contributed by atoms with E-state index in [0.29, 0.717) is 23.5 Å². The third kappa shape index (κ3) is 5.21. The number of halogens is 1. The van der Waals surface area contributed by atoms with Crippen LogP contribution < -0.4 is 10.6 Å². The fraction of sp³-hybridized carbons (Fsp3) is 0.300. The molecule has 0 fully saturated rings. The third-order valence-corrected chi connectivity index (χ3v) is 8.41. The molecule has 0 saturated carbocycles. The minimum Gasteiger partial charge on any atom is -0.325 e. The molecule has 29 heavy (non-hydrogen) atoms. The first-order chi connectivity index (χ1) is 13.7. The zero-order chi connectivity index (χ0) is 21.2. The summed E-state index contributed by atoms with van der Waals surface area (Å²) in [6.07, 6.45) is 0.202. The lowest BCUT2D eigenvalue weighted by Gasteiger charge is -2.15. The molecule has 0 saturated heterocycles. The number of rotatable bonds is 5. The average Bonchev–Trinajstić information content (AvgIpc) is 2.83. The number of hydrogen-bond acceptors (Lipinski definition) is 5. The van der Waals surface area contributed by atoms with Crippen LogP contribution in [0.3, 0.4) is 0 Å². The van der Waals surface area contributed by atoms with Crippen LogP contribution in [-0.4, -0.2) is 31.2 Å². The lowest BCUT2D eigenvalue weighted by atomic mass is 10.2. The Morgan fingerprint density at radius 2 is 2.03 bits per heavy atom. The van der Waals surface area contributed by atoms with Crippen molar-refractivity contribution in [2.24, 2.45) is 0 Å². The highest BCUT2D eigenvalue weighted by Gasteiger charge is 2.27. The Kier molecular flexibility index (Phi) is 6.70. The standard InChI is InChI=1S/C20H21BrN2O4S2/c1-12-3-5-16(15(21)9-12)22-20(25)10-13(2)29(26,27)14-4-6-18-17(11-14)23-19(24)7-8-28-18/h3-6,9,11,13H,7-8,10H2,1-2H3,(H,22,25)(H,23,24)/t13-/m1/s1. The van der Waals surface area contributed by atoms with Gasteiger partial charge in [0.2, 0.25) is 11.8 Å². The van der Waals surface area contributed by atoms with Crippen LogP contribution in [0, 0.1) is 6.92 Å². The second-order valence-corrected chi connectivity index (χ2v) is 11.3. The summed E-state index contributed by atoms with van der Waals surface area (Å²) in [7, 11) is -3.74. The minimum absolute atomic E-state index is 0.0934. The molecule has 3 rings (SSSR count). The molecule has 1 atom stereocenters. The zero-order valence-electron chi connectivity index (χ0n) is 16.0. The second-order valence-electron chi connectivity index (χ2n) is 6.90. The lowest BCUT2D eigenvalue weighted by molar-refractivity contribution is -0.116. The summed E-state index contributed by atoms with van der Waals surface area (Å²) in [5.74, 6) is 0.127. The normalized spacial score (nSPS) is 15.1. The van der Waals surface area contributed by atoms with Crippen molar-refractivity contribution in [2.75, 3.05) is 16.4 Å². The van der Waals surface area contributed by atoms with Crippen LogP contribution in [0.25, 0.3) is 0 Å². The van der Waals surface area contributed by atoms with Gasteiger partial charge in [0, 0.05) is 28.0 Å². The van der Waals surface area contributed by atoms with Crippen LogP contribution in [0.4, 0.5) is 11.4 Å². The van der Waals surface area contributed by atoms with Gasteiger partial charge in [-0.3, -0.25) is 9.59 Å². The van der Waals surface area contributed by atoms with Crippen molar-refractivity contribution >= 4 is 60.7 Å². The van der Waals surface area contributed by atoms with Gasteiger partial charge in [-0.15, -0.1) is 11.8 Å². The predicted molar refractivity (Wildman–Crippen MR) is 119 cm³/mol. The first-order valence-corrected chi connectivity index (χ1v) is 12.4. The molecule has 2 aromatic carbocycles. The molecule has 0 bridgehead atoms. The quantitative estimate of drug-likeness (QED) is 0.640. The van der Waals surface area contributed by atoms with Crippen molar-refractivity contribution in [1.29, 1.82) is 0 Å². The summed E-state index contributed by atoms with van der Waals surface area (Å²) in [6, 6.07) is 10.2. The van der Waals surface area contributed by atoms with Crippen molar-refractivity contribution < 1.29 is 18.0 Å². The maximum Gasteiger partial charge on any atom is 0.225 e. The first-order valence-electron chi connectivity index (χ1n) is 9.03. The highest BCUT2D eigenvalue weighted by atomic mass is 79.9. The summed E-state index contributed by atoms with van der Waals surface area (Å²) in [5, 5.41) is 4.58. The van der Waals surface area contributed by atoms with Gasteiger partial charge in [-0.1, -0.05) is 6.07 Å². The number of aryl methyl sites for hydroxylation is 1. The van der Waals surface area contributed by atoms with E-state index < -0.39 is 15.1 Å². The van der Waals surface area contributed by atoms with E-state index in [0.717, 1.165) is 14.9 Å². The molecule has 0 spiro atoms. The van der Waals surface area contributed by atoms with Crippen LogP contribution in [0.1, 0.15) is 25.3 Å². The minimum atomic E-state index is -3.74. The van der Waals surface area contributed by atoms with Crippen molar-refractivity contribution in [3.05, 3.63) is 46.4 Å². The Balaban J connectivity index is 1.75. The number of thioether (sulfide) groups is 1. The molecule has 0 aromatic heterocycles. The lowest BCUT2D eigenvalue weighted by Crippen LogP contribution is -2.25. The fourth-order valence-electron chi connectivity index (χ4n) is 2.90. The molecule has 1 heterocycles. The Morgan fingerprint density at radius 1 is 1.28 bits per heavy atom. The van der Waals surface area contributed by atoms with E-state index in [1.54, 1.807) is 12.1 Å². The highest BCUT2D eigenvalue weighted by Crippen LogP contribution is 2.34. The number of anilines is 2. The maximum atomic E-state index is 13.0. The number of amides is 2. The van der Waals surface area contributed by atoms with Crippen LogP contribution in [0.15, 0.2) is 50.7 Å². The number of fused-ring (bicyclic) bond motifs is 1. The molecule has 6 nitrogen and oxygen atoms in total. The van der Waals surface area contributed by atoms with Gasteiger partial charge in [-0.05, 0) is 65.7 Å². The van der Waals surface area contributed by atoms with Crippen LogP contribution in [0.5, 0.6) is 0 Å². The monoisotopic (exact) mass is 496 g/mol. The Labute approximate surface area is 182 Å². The largest absolute Gasteiger partial charge is 0.325 e. The molecular formula is C20H21BrN2O4S2. The molecule has 0 aliphatic carbocycles. The van der Waals surface area contributed by atoms with E-state index in [4.69, 9.17) is 0 Å². The first kappa shape index (κ1) is 21.9. The van der Waals surface area contributed by atoms with Crippen LogP contribution in [-0.2, 0) is 19.4 Å². The number of nitrogens with one attached hydrogen (secondary N) is 2. The van der Waals surface area contributed by atoms with Gasteiger partial charge >= 0.3 is 0 Å². The summed E-state index contributed by atoms with van der Waals surface area (Å²) in [4.78, 5) is 25.1. The second kappa shape index (κ2) is 8.89. The highest BCUT2D eigenvalue weighted by molar-refractivity contribution is 9.10. The summed E-state index contributed by atoms with van der Waals surface area (Å²) in [5.41, 5.74) is 2.13. The molecule has 2 amide bonds. The predicted octanol–water partition coefficient (Wildman–Crippen LogP) is 4.38. The van der Waals surface area contributed by atoms with Crippen molar-refractivity contribution in [3.8, 4) is 0 Å². The van der Waals surface area contributed by atoms with Crippen LogP contribution in [0.2, 0.25) is 0 Å². The molecule has 1 aliphatic heterocycles. The van der Waals surface area contributed by atoms with Crippen molar-refractivity contribution in [2.45, 2.75) is 41.7 Å². The van der Waals surface area contributed by atoms with Gasteiger partial charge in [-0.2, -0.15) is 0 Å². The Bertz CT molecular complexity index is 1070. The van der Waals surface area contributed by atoms with E-state index in [9.17, 15) is 18.0 Å². The smallest absolute Gasteiger partial charge is 0.225 e. The average molecular weight is 497 g/mol. The molecule has 1 aliphatic rings. The molecule has 9 heteroatoms. The van der Waals surface area contributed by atoms with Crippen molar-refractivity contribution in [1.82, 2.24) is 0 Å². The van der Waals surface area contributed by atoms with E-state index >= 15 is 0 Å². The molecule has 0 radical (unpaired) electrons. The van der Waals surface area contributed by atoms with Gasteiger partial charge in [0.25, 0.3) is 0 Å². The topological polar surface area (TPSA) is 92.3 Å². The summed E-state index contributed by atoms with van der Waals surface area (Å²) >= 11 is 4.90. The number of sulfone groups is 1. The van der Waals surface area contributed by atoms with E-state index in [1.165, 1.54) is 30.8 Å². The maximum absolute atomic E-state index is 13.0. The summed E-state index contributed by atoms with van der Waals surface area (Å²) < 4.78 is 26.7.